The lowest BCUT2D eigenvalue weighted by Crippen LogP contribution is -2.38. The van der Waals surface area contributed by atoms with E-state index in [9.17, 15) is 10.2 Å². The van der Waals surface area contributed by atoms with E-state index >= 15 is 0 Å². The Morgan fingerprint density at radius 2 is 1.84 bits per heavy atom. The molecule has 0 saturated heterocycles. The van der Waals surface area contributed by atoms with Crippen molar-refractivity contribution >= 4 is 10.9 Å². The largest absolute Gasteiger partial charge is 0.387 e. The van der Waals surface area contributed by atoms with Crippen molar-refractivity contribution in [1.29, 1.82) is 0 Å². The van der Waals surface area contributed by atoms with Gasteiger partial charge in [0.25, 0.3) is 0 Å². The van der Waals surface area contributed by atoms with Crippen LogP contribution in [0.15, 0.2) is 36.5 Å². The minimum atomic E-state index is -0.984. The number of pyridine rings is 1. The second-order valence-electron chi connectivity index (χ2n) is 5.53. The van der Waals surface area contributed by atoms with Crippen molar-refractivity contribution in [3.63, 3.8) is 0 Å². The predicted octanol–water partition coefficient (Wildman–Crippen LogP) is 2.96. The van der Waals surface area contributed by atoms with Gasteiger partial charge in [0.05, 0.1) is 11.1 Å². The number of nitrogens with zero attached hydrogens (tertiary/aromatic N) is 1. The fourth-order valence-corrected chi connectivity index (χ4v) is 2.99. The van der Waals surface area contributed by atoms with Gasteiger partial charge < -0.3 is 10.2 Å². The molecule has 0 bridgehead atoms. The summed E-state index contributed by atoms with van der Waals surface area (Å²) in [5.74, 6) is 0. The topological polar surface area (TPSA) is 53.4 Å². The summed E-state index contributed by atoms with van der Waals surface area (Å²) in [6, 6.07) is 9.75. The van der Waals surface area contributed by atoms with Crippen molar-refractivity contribution in [3.8, 4) is 0 Å². The number of hydrogen-bond donors (Lipinski definition) is 2. The summed E-state index contributed by atoms with van der Waals surface area (Å²) < 4.78 is 0. The van der Waals surface area contributed by atoms with E-state index in [2.05, 4.69) is 4.98 Å². The Balaban J connectivity index is 1.94. The van der Waals surface area contributed by atoms with Crippen LogP contribution in [0.25, 0.3) is 10.9 Å². The van der Waals surface area contributed by atoms with Crippen molar-refractivity contribution in [2.45, 2.75) is 43.8 Å². The summed E-state index contributed by atoms with van der Waals surface area (Å²) in [5, 5.41) is 22.1. The van der Waals surface area contributed by atoms with Crippen LogP contribution >= 0.6 is 0 Å². The van der Waals surface area contributed by atoms with Crippen molar-refractivity contribution in [2.75, 3.05) is 0 Å². The molecule has 100 valence electrons. The zero-order valence-corrected chi connectivity index (χ0v) is 10.9. The van der Waals surface area contributed by atoms with Gasteiger partial charge in [-0.3, -0.25) is 4.98 Å². The highest BCUT2D eigenvalue weighted by atomic mass is 16.3. The normalized spacial score (nSPS) is 20.3. The van der Waals surface area contributed by atoms with Crippen LogP contribution in [0.3, 0.4) is 0 Å². The molecule has 1 fully saturated rings. The fourth-order valence-electron chi connectivity index (χ4n) is 2.99. The molecular formula is C16H19NO2. The van der Waals surface area contributed by atoms with Crippen molar-refractivity contribution in [3.05, 3.63) is 42.1 Å². The van der Waals surface area contributed by atoms with Gasteiger partial charge in [-0.2, -0.15) is 0 Å². The average molecular weight is 257 g/mol. The van der Waals surface area contributed by atoms with Crippen LogP contribution in [0.1, 0.15) is 43.8 Å². The highest BCUT2D eigenvalue weighted by Gasteiger charge is 2.37. The third-order valence-corrected chi connectivity index (χ3v) is 4.16. The fraction of sp³-hybridized carbons (Fsp3) is 0.438. The minimum Gasteiger partial charge on any atom is -0.387 e. The molecule has 19 heavy (non-hydrogen) atoms. The number of aliphatic hydroxyl groups is 2. The van der Waals surface area contributed by atoms with Crippen LogP contribution in [0.2, 0.25) is 0 Å². The van der Waals surface area contributed by atoms with Gasteiger partial charge >= 0.3 is 0 Å². The number of aliphatic hydroxyl groups excluding tert-OH is 1. The maximum Gasteiger partial charge on any atom is 0.109 e. The van der Waals surface area contributed by atoms with Crippen LogP contribution in [0.4, 0.5) is 0 Å². The molecule has 2 aromatic rings. The van der Waals surface area contributed by atoms with Crippen LogP contribution < -0.4 is 0 Å². The maximum absolute atomic E-state index is 10.6. The molecule has 1 heterocycles. The summed E-state index contributed by atoms with van der Waals surface area (Å²) in [4.78, 5) is 4.36. The first-order valence-electron chi connectivity index (χ1n) is 6.94. The molecule has 1 atom stereocenters. The van der Waals surface area contributed by atoms with Crippen molar-refractivity contribution < 1.29 is 10.2 Å². The van der Waals surface area contributed by atoms with Gasteiger partial charge in [-0.15, -0.1) is 0 Å². The Hall–Kier alpha value is -1.45. The molecule has 1 aromatic carbocycles. The van der Waals surface area contributed by atoms with Gasteiger partial charge in [0.1, 0.15) is 6.10 Å². The maximum atomic E-state index is 10.6. The lowest BCUT2D eigenvalue weighted by Gasteiger charge is -2.36. The highest BCUT2D eigenvalue weighted by molar-refractivity contribution is 5.78. The smallest absolute Gasteiger partial charge is 0.109 e. The number of fused-ring (bicyclic) bond motifs is 1. The van der Waals surface area contributed by atoms with Gasteiger partial charge in [0.2, 0.25) is 0 Å². The summed E-state index contributed by atoms with van der Waals surface area (Å²) >= 11 is 0. The average Bonchev–Trinajstić information content (AvgIpc) is 2.47. The molecule has 3 nitrogen and oxygen atoms in total. The molecule has 0 spiro atoms. The number of aromatic nitrogens is 1. The van der Waals surface area contributed by atoms with Gasteiger partial charge in [-0.1, -0.05) is 37.5 Å². The van der Waals surface area contributed by atoms with E-state index in [0.717, 1.165) is 30.2 Å². The molecule has 0 aliphatic heterocycles. The predicted molar refractivity (Wildman–Crippen MR) is 74.7 cm³/mol. The number of hydrogen-bond acceptors (Lipinski definition) is 3. The Kier molecular flexibility index (Phi) is 3.25. The van der Waals surface area contributed by atoms with E-state index in [1.54, 1.807) is 6.20 Å². The molecule has 0 radical (unpaired) electrons. The third kappa shape index (κ3) is 2.36. The molecule has 1 saturated carbocycles. The summed E-state index contributed by atoms with van der Waals surface area (Å²) in [7, 11) is 0. The van der Waals surface area contributed by atoms with Crippen molar-refractivity contribution in [1.82, 2.24) is 4.98 Å². The summed E-state index contributed by atoms with van der Waals surface area (Å²) in [5.41, 5.74) is 0.639. The summed E-state index contributed by atoms with van der Waals surface area (Å²) in [6.45, 7) is 0. The molecule has 2 N–H and O–H groups in total. The number of para-hydroxylation sites is 1. The molecule has 1 aromatic heterocycles. The van der Waals surface area contributed by atoms with E-state index in [4.69, 9.17) is 0 Å². The lowest BCUT2D eigenvalue weighted by atomic mass is 9.78. The highest BCUT2D eigenvalue weighted by Crippen LogP contribution is 2.38. The number of rotatable bonds is 2. The lowest BCUT2D eigenvalue weighted by molar-refractivity contribution is -0.0992. The van der Waals surface area contributed by atoms with Gasteiger partial charge in [0, 0.05) is 17.1 Å². The molecule has 3 heteroatoms. The monoisotopic (exact) mass is 257 g/mol. The van der Waals surface area contributed by atoms with E-state index in [0.29, 0.717) is 18.4 Å². The Bertz CT molecular complexity index is 576. The first-order valence-corrected chi connectivity index (χ1v) is 6.94. The molecule has 0 amide bonds. The van der Waals surface area contributed by atoms with Gasteiger partial charge in [0.15, 0.2) is 0 Å². The Labute approximate surface area is 112 Å². The Morgan fingerprint density at radius 3 is 2.63 bits per heavy atom. The molecule has 3 rings (SSSR count). The molecule has 1 aliphatic rings. The minimum absolute atomic E-state index is 0.668. The van der Waals surface area contributed by atoms with Gasteiger partial charge in [-0.25, -0.2) is 0 Å². The van der Waals surface area contributed by atoms with E-state index in [1.807, 2.05) is 30.3 Å². The third-order valence-electron chi connectivity index (χ3n) is 4.16. The molecule has 1 aliphatic carbocycles. The van der Waals surface area contributed by atoms with Crippen LogP contribution in [0.5, 0.6) is 0 Å². The van der Waals surface area contributed by atoms with E-state index < -0.39 is 11.7 Å². The van der Waals surface area contributed by atoms with E-state index in [1.165, 1.54) is 0 Å². The van der Waals surface area contributed by atoms with Crippen LogP contribution in [-0.4, -0.2) is 20.8 Å². The first-order chi connectivity index (χ1) is 9.19. The quantitative estimate of drug-likeness (QED) is 0.869. The zero-order chi connectivity index (χ0) is 13.3. The second kappa shape index (κ2) is 4.91. The van der Waals surface area contributed by atoms with Crippen LogP contribution in [-0.2, 0) is 0 Å². The molecule has 1 unspecified atom stereocenters. The zero-order valence-electron chi connectivity index (χ0n) is 10.9. The Morgan fingerprint density at radius 1 is 1.11 bits per heavy atom. The number of benzene rings is 1. The first kappa shape index (κ1) is 12.6. The second-order valence-corrected chi connectivity index (χ2v) is 5.53. The molecular weight excluding hydrogens is 238 g/mol. The van der Waals surface area contributed by atoms with Crippen molar-refractivity contribution in [2.24, 2.45) is 0 Å². The van der Waals surface area contributed by atoms with Gasteiger partial charge in [-0.05, 0) is 25.0 Å². The summed E-state index contributed by atoms with van der Waals surface area (Å²) in [6.07, 6.45) is 5.28. The standard InChI is InChI=1S/C16H19NO2/c18-15(16(19)8-4-1-5-9-16)13-10-12-6-2-3-7-14(12)17-11-13/h2-3,6-7,10-11,15,18-19H,1,4-5,8-9H2. The van der Waals surface area contributed by atoms with E-state index in [-0.39, 0.29) is 0 Å². The SMILES string of the molecule is OC(c1cnc2ccccc2c1)C1(O)CCCCC1. The van der Waals surface area contributed by atoms with Crippen LogP contribution in [0, 0.1) is 0 Å².